The van der Waals surface area contributed by atoms with Gasteiger partial charge in [0.25, 0.3) is 0 Å². The summed E-state index contributed by atoms with van der Waals surface area (Å²) in [4.78, 5) is 4.09. The van der Waals surface area contributed by atoms with Gasteiger partial charge >= 0.3 is 0 Å². The topological polar surface area (TPSA) is 37.0 Å². The molecule has 3 nitrogen and oxygen atoms in total. The summed E-state index contributed by atoms with van der Waals surface area (Å²) in [5, 5.41) is 5.94. The molecule has 0 radical (unpaired) electrons. The molecule has 0 spiro atoms. The zero-order valence-electron chi connectivity index (χ0n) is 9.17. The highest BCUT2D eigenvalue weighted by atomic mass is 79.9. The Kier molecular flexibility index (Phi) is 3.58. The van der Waals surface area contributed by atoms with Crippen molar-refractivity contribution in [2.45, 2.75) is 0 Å². The van der Waals surface area contributed by atoms with Crippen LogP contribution in [0.3, 0.4) is 0 Å². The molecule has 0 fully saturated rings. The Morgan fingerprint density at radius 2 is 2.12 bits per heavy atom. The van der Waals surface area contributed by atoms with Gasteiger partial charge in [0.2, 0.25) is 0 Å². The molecule has 1 aromatic carbocycles. The van der Waals surface area contributed by atoms with Gasteiger partial charge in [0.15, 0.2) is 0 Å². The zero-order chi connectivity index (χ0) is 12.3. The molecule has 2 N–H and O–H groups in total. The summed E-state index contributed by atoms with van der Waals surface area (Å²) in [5.41, 5.74) is 1.19. The predicted octanol–water partition coefficient (Wildman–Crippen LogP) is 3.77. The van der Waals surface area contributed by atoms with Gasteiger partial charge in [-0.15, -0.1) is 0 Å². The van der Waals surface area contributed by atoms with Crippen LogP contribution >= 0.6 is 15.9 Å². The fourth-order valence-corrected chi connectivity index (χ4v) is 1.85. The number of anilines is 3. The molecule has 0 aliphatic carbocycles. The molecule has 0 saturated heterocycles. The molecule has 0 amide bonds. The maximum atomic E-state index is 13.6. The van der Waals surface area contributed by atoms with Crippen LogP contribution in [0.5, 0.6) is 0 Å². The van der Waals surface area contributed by atoms with Crippen molar-refractivity contribution in [2.75, 3.05) is 17.7 Å². The van der Waals surface area contributed by atoms with Crippen LogP contribution in [0.2, 0.25) is 0 Å². The lowest BCUT2D eigenvalue weighted by atomic mass is 10.3. The number of benzene rings is 1. The zero-order valence-corrected chi connectivity index (χ0v) is 10.8. The van der Waals surface area contributed by atoms with Crippen molar-refractivity contribution >= 4 is 33.1 Å². The summed E-state index contributed by atoms with van der Waals surface area (Å²) in [7, 11) is 1.78. The maximum Gasteiger partial charge on any atom is 0.147 e. The van der Waals surface area contributed by atoms with Gasteiger partial charge in [-0.1, -0.05) is 6.07 Å². The Morgan fingerprint density at radius 3 is 2.82 bits per heavy atom. The molecule has 0 bridgehead atoms. The lowest BCUT2D eigenvalue weighted by Crippen LogP contribution is -1.97. The third-order valence-electron chi connectivity index (χ3n) is 2.25. The first-order chi connectivity index (χ1) is 8.20. The lowest BCUT2D eigenvalue weighted by molar-refractivity contribution is 0.631. The number of rotatable bonds is 3. The molecule has 2 aromatic rings. The van der Waals surface area contributed by atoms with Crippen LogP contribution in [0.1, 0.15) is 0 Å². The number of aromatic nitrogens is 1. The van der Waals surface area contributed by atoms with E-state index in [1.54, 1.807) is 37.5 Å². The van der Waals surface area contributed by atoms with E-state index in [0.717, 1.165) is 11.5 Å². The molecule has 2 rings (SSSR count). The largest absolute Gasteiger partial charge is 0.373 e. The Hall–Kier alpha value is -1.62. The highest BCUT2D eigenvalue weighted by Crippen LogP contribution is 2.28. The van der Waals surface area contributed by atoms with E-state index in [1.165, 1.54) is 6.07 Å². The standard InChI is InChI=1S/C12H11BrFN3/c1-15-11-7-8(5-6-16-11)17-12-9(13)3-2-4-10(12)14/h2-7H,1H3,(H2,15,16,17). The minimum atomic E-state index is -0.304. The van der Waals surface area contributed by atoms with Gasteiger partial charge in [0.05, 0.1) is 5.69 Å². The summed E-state index contributed by atoms with van der Waals surface area (Å²) >= 11 is 3.31. The van der Waals surface area contributed by atoms with E-state index >= 15 is 0 Å². The molecule has 0 aliphatic rings. The average Bonchev–Trinajstić information content (AvgIpc) is 2.34. The number of nitrogens with zero attached hydrogens (tertiary/aromatic N) is 1. The molecule has 17 heavy (non-hydrogen) atoms. The predicted molar refractivity (Wildman–Crippen MR) is 71.2 cm³/mol. The van der Waals surface area contributed by atoms with Crippen molar-refractivity contribution in [1.29, 1.82) is 0 Å². The second kappa shape index (κ2) is 5.14. The minimum Gasteiger partial charge on any atom is -0.373 e. The molecule has 0 saturated carbocycles. The first kappa shape index (κ1) is 11.9. The first-order valence-electron chi connectivity index (χ1n) is 5.05. The van der Waals surface area contributed by atoms with Crippen molar-refractivity contribution in [1.82, 2.24) is 4.98 Å². The molecular formula is C12H11BrFN3. The molecule has 0 aliphatic heterocycles. The second-order valence-corrected chi connectivity index (χ2v) is 4.26. The van der Waals surface area contributed by atoms with Crippen LogP contribution in [0.25, 0.3) is 0 Å². The molecule has 88 valence electrons. The highest BCUT2D eigenvalue weighted by molar-refractivity contribution is 9.10. The number of halogens is 2. The fraction of sp³-hybridized carbons (Fsp3) is 0.0833. The first-order valence-corrected chi connectivity index (χ1v) is 5.85. The highest BCUT2D eigenvalue weighted by Gasteiger charge is 2.06. The summed E-state index contributed by atoms with van der Waals surface area (Å²) in [5.74, 6) is 0.421. The molecule has 1 aromatic heterocycles. The van der Waals surface area contributed by atoms with Gasteiger partial charge in [0, 0.05) is 29.5 Å². The van der Waals surface area contributed by atoms with Gasteiger partial charge in [0.1, 0.15) is 11.6 Å². The van der Waals surface area contributed by atoms with E-state index in [4.69, 9.17) is 0 Å². The average molecular weight is 296 g/mol. The van der Waals surface area contributed by atoms with Crippen molar-refractivity contribution in [3.8, 4) is 0 Å². The van der Waals surface area contributed by atoms with E-state index in [-0.39, 0.29) is 5.82 Å². The normalized spacial score (nSPS) is 10.1. The quantitative estimate of drug-likeness (QED) is 0.905. The Morgan fingerprint density at radius 1 is 1.29 bits per heavy atom. The van der Waals surface area contributed by atoms with E-state index in [9.17, 15) is 4.39 Å². The number of hydrogen-bond donors (Lipinski definition) is 2. The lowest BCUT2D eigenvalue weighted by Gasteiger charge is -2.10. The van der Waals surface area contributed by atoms with Crippen LogP contribution in [-0.2, 0) is 0 Å². The van der Waals surface area contributed by atoms with E-state index in [1.807, 2.05) is 0 Å². The molecule has 0 unspecified atom stereocenters. The van der Waals surface area contributed by atoms with Crippen molar-refractivity contribution in [3.05, 3.63) is 46.8 Å². The minimum absolute atomic E-state index is 0.304. The van der Waals surface area contributed by atoms with Gasteiger partial charge in [-0.2, -0.15) is 0 Å². The maximum absolute atomic E-state index is 13.6. The van der Waals surface area contributed by atoms with Crippen LogP contribution in [0, 0.1) is 5.82 Å². The molecule has 1 heterocycles. The van der Waals surface area contributed by atoms with Gasteiger partial charge in [-0.05, 0) is 34.1 Å². The SMILES string of the molecule is CNc1cc(Nc2c(F)cccc2Br)ccn1. The van der Waals surface area contributed by atoms with Crippen molar-refractivity contribution in [2.24, 2.45) is 0 Å². The summed E-state index contributed by atoms with van der Waals surface area (Å²) in [6.07, 6.45) is 1.66. The van der Waals surface area contributed by atoms with Crippen LogP contribution in [0.4, 0.5) is 21.6 Å². The van der Waals surface area contributed by atoms with E-state index in [0.29, 0.717) is 10.2 Å². The monoisotopic (exact) mass is 295 g/mol. The van der Waals surface area contributed by atoms with Gasteiger partial charge in [-0.3, -0.25) is 0 Å². The summed E-state index contributed by atoms with van der Waals surface area (Å²) in [6, 6.07) is 8.42. The number of pyridine rings is 1. The number of para-hydroxylation sites is 1. The Labute approximate surface area is 107 Å². The van der Waals surface area contributed by atoms with E-state index in [2.05, 4.69) is 31.5 Å². The number of nitrogens with one attached hydrogen (secondary N) is 2. The van der Waals surface area contributed by atoms with Crippen molar-refractivity contribution in [3.63, 3.8) is 0 Å². The van der Waals surface area contributed by atoms with Crippen LogP contribution < -0.4 is 10.6 Å². The third kappa shape index (κ3) is 2.74. The van der Waals surface area contributed by atoms with Crippen LogP contribution in [-0.4, -0.2) is 12.0 Å². The Balaban J connectivity index is 2.31. The Bertz CT molecular complexity index is 511. The van der Waals surface area contributed by atoms with Gasteiger partial charge < -0.3 is 10.6 Å². The number of hydrogen-bond acceptors (Lipinski definition) is 3. The van der Waals surface area contributed by atoms with Crippen molar-refractivity contribution < 1.29 is 4.39 Å². The summed E-state index contributed by atoms with van der Waals surface area (Å²) < 4.78 is 14.3. The molecular weight excluding hydrogens is 285 g/mol. The fourth-order valence-electron chi connectivity index (χ4n) is 1.41. The second-order valence-electron chi connectivity index (χ2n) is 3.40. The van der Waals surface area contributed by atoms with Crippen LogP contribution in [0.15, 0.2) is 41.0 Å². The third-order valence-corrected chi connectivity index (χ3v) is 2.91. The van der Waals surface area contributed by atoms with E-state index < -0.39 is 0 Å². The summed E-state index contributed by atoms with van der Waals surface area (Å²) in [6.45, 7) is 0. The molecule has 0 atom stereocenters. The molecule has 5 heteroatoms. The smallest absolute Gasteiger partial charge is 0.147 e. The van der Waals surface area contributed by atoms with Gasteiger partial charge in [-0.25, -0.2) is 9.37 Å².